The minimum Gasteiger partial charge on any atom is -0.480 e. The van der Waals surface area contributed by atoms with Crippen molar-refractivity contribution in [3.63, 3.8) is 0 Å². The molecule has 0 spiro atoms. The number of carboxylic acid groups (broad SMARTS) is 1. The number of carbonyl (C=O) groups is 1. The Labute approximate surface area is 576 Å². The molecule has 27 heteroatoms. The Hall–Kier alpha value is 17.7. The summed E-state index contributed by atoms with van der Waals surface area (Å²) >= 11 is 64.9. The minimum atomic E-state index is -1.02. The summed E-state index contributed by atoms with van der Waals surface area (Å²) in [7, 11) is 0. The maximum absolute atomic E-state index is 12.5. The molecule has 0 bridgehead atoms. The van der Waals surface area contributed by atoms with E-state index in [4.69, 9.17) is 0 Å². The number of carboxylic acids is 1. The fourth-order valence-electron chi connectivity index (χ4n) is 2.09. The van der Waals surface area contributed by atoms with Gasteiger partial charge in [-0.05, 0) is 0 Å². The predicted octanol–water partition coefficient (Wildman–Crippen LogP) is 19.3. The Morgan fingerprint density at radius 1 is 0.300 bits per heavy atom. The smallest absolute Gasteiger partial charge is 0.332 e. The van der Waals surface area contributed by atoms with Crippen LogP contribution in [-0.4, -0.2) is 26.2 Å². The summed E-state index contributed by atoms with van der Waals surface area (Å²) in [5.41, 5.74) is 0. The molecule has 0 unspecified atom stereocenters. The Morgan fingerprint density at radius 3 is 0.600 bits per heavy atom. The van der Waals surface area contributed by atoms with Crippen molar-refractivity contribution in [2.24, 2.45) is 0 Å². The summed E-state index contributed by atoms with van der Waals surface area (Å²) in [6, 6.07) is 0. The Morgan fingerprint density at radius 2 is 0.450 bits per heavy atom. The van der Waals surface area contributed by atoms with E-state index in [1.54, 1.807) is 0 Å². The van der Waals surface area contributed by atoms with E-state index in [1.807, 2.05) is 0 Å². The van der Waals surface area contributed by atoms with E-state index in [2.05, 4.69) is 565 Å². The first-order chi connectivity index (χ1) is 16.7. The lowest BCUT2D eigenvalue weighted by atomic mass is 10.0. The molecule has 0 amide bonds. The molecule has 0 aromatic carbocycles. The second-order valence-corrected chi connectivity index (χ2v) is 76.5. The summed E-state index contributed by atoms with van der Waals surface area (Å²) in [5.74, 6) is -0.810. The van der Waals surface area contributed by atoms with Crippen LogP contribution in [-0.2, 0) is 4.79 Å². The van der Waals surface area contributed by atoms with E-state index in [0.717, 1.165) is 0 Å². The fourth-order valence-corrected chi connectivity index (χ4v) is 40.8. The van der Waals surface area contributed by atoms with Gasteiger partial charge in [-0.15, -0.1) is 0 Å². The number of alkyl halides is 25. The van der Waals surface area contributed by atoms with Crippen LogP contribution in [0.5, 0.6) is 0 Å². The molecule has 0 heterocycles. The maximum Gasteiger partial charge on any atom is 0.332 e. The first-order valence-electron chi connectivity index (χ1n) is 8.15. The topological polar surface area (TPSA) is 37.3 Å². The molecule has 0 radical (unpaired) electrons. The molecular weight excluding hydrogens is 3360 g/mol. The largest absolute Gasteiger partial charge is 0.480 e. The number of aliphatic carboxylic acids is 1. The van der Waals surface area contributed by atoms with Crippen LogP contribution in [0.2, 0.25) is 0 Å². The highest BCUT2D eigenvalue weighted by Crippen LogP contribution is 2.82. The molecule has 1 N–H and O–H groups in total. The molecule has 0 aliphatic rings. The molecule has 0 saturated carbocycles. The number of hydrogen-bond donors (Lipinski definition) is 1. The highest BCUT2D eigenvalue weighted by Gasteiger charge is 2.81. The second kappa shape index (κ2) is 20.5. The van der Waals surface area contributed by atoms with Gasteiger partial charge in [-0.2, -0.15) is 0 Å². The molecular formula is C13HI25O2. The SMILES string of the molecule is O=C(O)C(I)(I)C(I)(I)C(I)(I)C(I)(I)C(I)(I)C(I)(I)C(I)(I)C(I)(I)C(I)(I)C(I)(I)C(I)(I)C(I)(I)I. The molecule has 0 aromatic heterocycles. The number of hydrogen-bond acceptors (Lipinski definition) is 1. The number of halogens is 25. The lowest BCUT2D eigenvalue weighted by molar-refractivity contribution is -0.136. The van der Waals surface area contributed by atoms with Crippen LogP contribution in [0.4, 0.5) is 0 Å². The molecule has 240 valence electrons. The van der Waals surface area contributed by atoms with E-state index in [1.165, 1.54) is 0 Å². The van der Waals surface area contributed by atoms with Crippen molar-refractivity contribution in [3.8, 4) is 0 Å². The van der Waals surface area contributed by atoms with Gasteiger partial charge in [-0.25, -0.2) is 4.79 Å². The molecule has 0 fully saturated rings. The van der Waals surface area contributed by atoms with Crippen molar-refractivity contribution in [1.29, 1.82) is 0 Å². The molecule has 0 aromatic rings. The van der Waals surface area contributed by atoms with Gasteiger partial charge in [0.15, 0.2) is 1.43 Å². The summed E-state index contributed by atoms with van der Waals surface area (Å²) in [6.45, 7) is 0. The quantitative estimate of drug-likeness (QED) is 0.156. The third-order valence-electron chi connectivity index (χ3n) is 4.57. The molecule has 2 nitrogen and oxygen atoms in total. The van der Waals surface area contributed by atoms with Crippen molar-refractivity contribution in [3.05, 3.63) is 0 Å². The molecule has 0 rings (SSSR count). The van der Waals surface area contributed by atoms with Gasteiger partial charge in [0.05, 0.1) is 0 Å². The first-order valence-corrected chi connectivity index (χ1v) is 35.1. The van der Waals surface area contributed by atoms with Crippen molar-refractivity contribution >= 4 is 571 Å². The zero-order valence-corrected chi connectivity index (χ0v) is 70.7. The number of rotatable bonds is 12. The zero-order chi connectivity index (χ0) is 33.6. The first kappa shape index (κ1) is 57.7. The molecule has 0 atom stereocenters. The van der Waals surface area contributed by atoms with E-state index in [9.17, 15) is 9.90 Å². The van der Waals surface area contributed by atoms with Crippen molar-refractivity contribution in [1.82, 2.24) is 0 Å². The highest BCUT2D eigenvalue weighted by atomic mass is 127. The molecule has 0 aliphatic heterocycles. The lowest BCUT2D eigenvalue weighted by Crippen LogP contribution is -2.71. The van der Waals surface area contributed by atoms with Crippen LogP contribution in [0.15, 0.2) is 0 Å². The van der Waals surface area contributed by atoms with E-state index >= 15 is 0 Å². The normalized spacial score (nSPS) is 16.8. The van der Waals surface area contributed by atoms with Crippen molar-refractivity contribution in [2.75, 3.05) is 0 Å². The average molecular weight is 3360 g/mol. The molecule has 0 saturated heterocycles. The summed E-state index contributed by atoms with van der Waals surface area (Å²) in [4.78, 5) is 12.5. The van der Waals surface area contributed by atoms with Gasteiger partial charge in [0.1, 0.15) is 13.7 Å². The summed E-state index contributed by atoms with van der Waals surface area (Å²) in [5, 5.41) is 10.2. The van der Waals surface area contributed by atoms with Crippen LogP contribution < -0.4 is 0 Å². The Bertz CT molecular complexity index is 970. The Kier molecular flexibility index (Phi) is 29.6. The van der Waals surface area contributed by atoms with Gasteiger partial charge in [-0.1, -0.05) is 565 Å². The second-order valence-electron chi connectivity index (χ2n) is 7.12. The van der Waals surface area contributed by atoms with Crippen molar-refractivity contribution in [2.45, 2.75) is 15.1 Å². The monoisotopic (exact) mass is 3360 g/mol. The maximum atomic E-state index is 12.5. The van der Waals surface area contributed by atoms with Crippen LogP contribution in [0, 0.1) is 0 Å². The van der Waals surface area contributed by atoms with Crippen LogP contribution in [0.3, 0.4) is 0 Å². The van der Waals surface area contributed by atoms with Gasteiger partial charge in [0, 0.05) is 0 Å². The zero-order valence-electron chi connectivity index (χ0n) is 16.8. The summed E-state index contributed by atoms with van der Waals surface area (Å²) < 4.78 is -4.16. The van der Waals surface area contributed by atoms with E-state index < -0.39 is 11.7 Å². The Balaban J connectivity index is 7.37. The van der Waals surface area contributed by atoms with Crippen LogP contribution in [0.1, 0.15) is 0 Å². The lowest BCUT2D eigenvalue weighted by Gasteiger charge is -2.61. The van der Waals surface area contributed by atoms with Crippen LogP contribution >= 0.6 is 565 Å². The average Bonchev–Trinajstić information content (AvgIpc) is 2.71. The minimum absolute atomic E-state index is 0.0169. The third kappa shape index (κ3) is 11.1. The van der Waals surface area contributed by atoms with Gasteiger partial charge in [0.2, 0.25) is 0 Å². The van der Waals surface area contributed by atoms with Gasteiger partial charge in [0.25, 0.3) is 0 Å². The van der Waals surface area contributed by atoms with Gasteiger partial charge < -0.3 is 5.11 Å². The fraction of sp³-hybridized carbons (Fsp3) is 0.923. The molecule has 40 heavy (non-hydrogen) atoms. The van der Waals surface area contributed by atoms with Crippen molar-refractivity contribution < 1.29 is 9.90 Å². The molecule has 0 aliphatic carbocycles. The highest BCUT2D eigenvalue weighted by molar-refractivity contribution is 14.3. The predicted molar refractivity (Wildman–Crippen MR) is 391 cm³/mol. The van der Waals surface area contributed by atoms with Gasteiger partial charge in [-0.3, -0.25) is 0 Å². The van der Waals surface area contributed by atoms with Gasteiger partial charge >= 0.3 is 5.97 Å². The van der Waals surface area contributed by atoms with Crippen LogP contribution in [0.25, 0.3) is 0 Å². The van der Waals surface area contributed by atoms with E-state index in [0.29, 0.717) is 0 Å². The van der Waals surface area contributed by atoms with E-state index in [-0.39, 0.29) is 9.43 Å². The standard InChI is InChI=1S/C13HI25O2/c14-2(15,1(39)40)3(16,17)4(18,19)5(20,21)6(22,23)7(24,25)8(26,27)9(28,29)10(30,31)11(32,33)12(34,35)13(36,37)38/h(H,39,40). The third-order valence-corrected chi connectivity index (χ3v) is 89.4. The summed E-state index contributed by atoms with van der Waals surface area (Å²) in [6.07, 6.45) is 0.